The second-order valence-electron chi connectivity index (χ2n) is 4.30. The lowest BCUT2D eigenvalue weighted by molar-refractivity contribution is 0.0696. The van der Waals surface area contributed by atoms with Crippen LogP contribution in [0.15, 0.2) is 35.2 Å². The Morgan fingerprint density at radius 1 is 1.27 bits per heavy atom. The number of urea groups is 1. The van der Waals surface area contributed by atoms with Crippen LogP contribution in [-0.2, 0) is 0 Å². The first-order valence-corrected chi connectivity index (χ1v) is 7.19. The third kappa shape index (κ3) is 3.79. The molecule has 2 rings (SSSR count). The molecule has 0 radical (unpaired) electrons. The number of hydrogen-bond donors (Lipinski definition) is 3. The molecule has 0 atom stereocenters. The lowest BCUT2D eigenvalue weighted by Crippen LogP contribution is -2.28. The molecule has 0 aliphatic carbocycles. The van der Waals surface area contributed by atoms with Gasteiger partial charge in [0, 0.05) is 40.7 Å². The topological polar surface area (TPSA) is 104 Å². The van der Waals surface area contributed by atoms with Crippen molar-refractivity contribution in [2.75, 3.05) is 11.9 Å². The van der Waals surface area contributed by atoms with Gasteiger partial charge in [0.05, 0.1) is 5.56 Å². The number of aromatic carboxylic acids is 1. The summed E-state index contributed by atoms with van der Waals surface area (Å²) in [6.07, 6.45) is 4.36. The molecule has 0 fully saturated rings. The molecule has 7 nitrogen and oxygen atoms in total. The molecule has 22 heavy (non-hydrogen) atoms. The molecule has 2 amide bonds. The maximum Gasteiger partial charge on any atom is 0.337 e. The van der Waals surface area contributed by atoms with Gasteiger partial charge in [0.25, 0.3) is 0 Å². The standard InChI is InChI=1S/C14H13BrN4O3/c1-2-17-14(22)19-12-4-11(15)10(7-18-12)8-3-9(13(20)21)6-16-5-8/h3-7H,2H2,1H3,(H,20,21)(H2,17,18,19,22). The molecule has 0 unspecified atom stereocenters. The van der Waals surface area contributed by atoms with E-state index in [1.165, 1.54) is 18.5 Å². The van der Waals surface area contributed by atoms with E-state index in [1.54, 1.807) is 12.3 Å². The zero-order chi connectivity index (χ0) is 16.1. The Morgan fingerprint density at radius 2 is 2.05 bits per heavy atom. The zero-order valence-corrected chi connectivity index (χ0v) is 13.2. The second kappa shape index (κ2) is 6.99. The van der Waals surface area contributed by atoms with Crippen LogP contribution < -0.4 is 10.6 Å². The van der Waals surface area contributed by atoms with Crippen molar-refractivity contribution in [3.63, 3.8) is 0 Å². The first-order chi connectivity index (χ1) is 10.5. The number of amides is 2. The Bertz CT molecular complexity index is 721. The third-order valence-electron chi connectivity index (χ3n) is 2.73. The van der Waals surface area contributed by atoms with Gasteiger partial charge in [-0.1, -0.05) is 0 Å². The SMILES string of the molecule is CCNC(=O)Nc1cc(Br)c(-c2cncc(C(=O)O)c2)cn1. The Kier molecular flexibility index (Phi) is 5.05. The number of nitrogens with zero attached hydrogens (tertiary/aromatic N) is 2. The number of pyridine rings is 2. The average molecular weight is 365 g/mol. The van der Waals surface area contributed by atoms with Gasteiger partial charge in [0.1, 0.15) is 5.82 Å². The quantitative estimate of drug-likeness (QED) is 0.773. The number of carboxylic acid groups (broad SMARTS) is 1. The largest absolute Gasteiger partial charge is 0.478 e. The van der Waals surface area contributed by atoms with Crippen LogP contribution >= 0.6 is 15.9 Å². The molecule has 0 aliphatic rings. The van der Waals surface area contributed by atoms with E-state index in [2.05, 4.69) is 36.5 Å². The monoisotopic (exact) mass is 364 g/mol. The van der Waals surface area contributed by atoms with Crippen LogP contribution in [0.3, 0.4) is 0 Å². The minimum Gasteiger partial charge on any atom is -0.478 e. The van der Waals surface area contributed by atoms with E-state index in [4.69, 9.17) is 5.11 Å². The molecule has 2 aromatic heterocycles. The van der Waals surface area contributed by atoms with Crippen molar-refractivity contribution in [2.24, 2.45) is 0 Å². The van der Waals surface area contributed by atoms with Gasteiger partial charge in [0.15, 0.2) is 0 Å². The third-order valence-corrected chi connectivity index (χ3v) is 3.38. The van der Waals surface area contributed by atoms with Crippen molar-refractivity contribution in [2.45, 2.75) is 6.92 Å². The summed E-state index contributed by atoms with van der Waals surface area (Å²) in [7, 11) is 0. The summed E-state index contributed by atoms with van der Waals surface area (Å²) in [4.78, 5) is 30.5. The Morgan fingerprint density at radius 3 is 2.68 bits per heavy atom. The van der Waals surface area contributed by atoms with Crippen LogP contribution in [-0.4, -0.2) is 33.6 Å². The number of anilines is 1. The fraction of sp³-hybridized carbons (Fsp3) is 0.143. The molecule has 2 heterocycles. The second-order valence-corrected chi connectivity index (χ2v) is 5.16. The van der Waals surface area contributed by atoms with Gasteiger partial charge >= 0.3 is 12.0 Å². The van der Waals surface area contributed by atoms with Crippen LogP contribution in [0, 0.1) is 0 Å². The molecular formula is C14H13BrN4O3. The maximum atomic E-state index is 11.4. The van der Waals surface area contributed by atoms with Gasteiger partial charge in [-0.15, -0.1) is 0 Å². The summed E-state index contributed by atoms with van der Waals surface area (Å²) >= 11 is 3.39. The molecule has 3 N–H and O–H groups in total. The number of carbonyl (C=O) groups excluding carboxylic acids is 1. The van der Waals surface area contributed by atoms with Crippen LogP contribution in [0.4, 0.5) is 10.6 Å². The number of rotatable bonds is 4. The summed E-state index contributed by atoms with van der Waals surface area (Å²) in [5, 5.41) is 14.2. The number of hydrogen-bond acceptors (Lipinski definition) is 4. The normalized spacial score (nSPS) is 10.1. The van der Waals surface area contributed by atoms with Crippen molar-refractivity contribution in [3.05, 3.63) is 40.8 Å². The lowest BCUT2D eigenvalue weighted by atomic mass is 10.1. The van der Waals surface area contributed by atoms with Gasteiger partial charge < -0.3 is 10.4 Å². The predicted molar refractivity (Wildman–Crippen MR) is 84.8 cm³/mol. The number of carboxylic acids is 1. The van der Waals surface area contributed by atoms with Crippen molar-refractivity contribution < 1.29 is 14.7 Å². The van der Waals surface area contributed by atoms with E-state index in [-0.39, 0.29) is 11.6 Å². The Balaban J connectivity index is 2.28. The van der Waals surface area contributed by atoms with Crippen LogP contribution in [0.2, 0.25) is 0 Å². The molecule has 0 aromatic carbocycles. The van der Waals surface area contributed by atoms with Crippen molar-refractivity contribution >= 4 is 33.7 Å². The summed E-state index contributed by atoms with van der Waals surface area (Å²) < 4.78 is 0.665. The van der Waals surface area contributed by atoms with Gasteiger partial charge in [-0.2, -0.15) is 0 Å². The zero-order valence-electron chi connectivity index (χ0n) is 11.6. The summed E-state index contributed by atoms with van der Waals surface area (Å²) in [6.45, 7) is 2.33. The number of carbonyl (C=O) groups is 2. The molecule has 2 aromatic rings. The van der Waals surface area contributed by atoms with Gasteiger partial charge in [-0.25, -0.2) is 14.6 Å². The highest BCUT2D eigenvalue weighted by Gasteiger charge is 2.10. The minimum absolute atomic E-state index is 0.0916. The smallest absolute Gasteiger partial charge is 0.337 e. The summed E-state index contributed by atoms with van der Waals surface area (Å²) in [5.74, 6) is -0.670. The molecule has 0 saturated carbocycles. The van der Waals surface area contributed by atoms with Crippen LogP contribution in [0.1, 0.15) is 17.3 Å². The highest BCUT2D eigenvalue weighted by molar-refractivity contribution is 9.10. The van der Waals surface area contributed by atoms with E-state index in [0.29, 0.717) is 28.0 Å². The van der Waals surface area contributed by atoms with E-state index in [1.807, 2.05) is 6.92 Å². The van der Waals surface area contributed by atoms with Crippen molar-refractivity contribution in [3.8, 4) is 11.1 Å². The Labute approximate surface area is 134 Å². The maximum absolute atomic E-state index is 11.4. The van der Waals surface area contributed by atoms with Crippen LogP contribution in [0.5, 0.6) is 0 Å². The fourth-order valence-electron chi connectivity index (χ4n) is 1.74. The van der Waals surface area contributed by atoms with Crippen molar-refractivity contribution in [1.29, 1.82) is 0 Å². The van der Waals surface area contributed by atoms with E-state index >= 15 is 0 Å². The molecule has 0 bridgehead atoms. The molecule has 0 saturated heterocycles. The molecule has 8 heteroatoms. The lowest BCUT2D eigenvalue weighted by Gasteiger charge is -2.09. The molecular weight excluding hydrogens is 352 g/mol. The summed E-state index contributed by atoms with van der Waals surface area (Å²) in [5.41, 5.74) is 1.38. The predicted octanol–water partition coefficient (Wildman–Crippen LogP) is 2.75. The number of nitrogens with one attached hydrogen (secondary N) is 2. The fourth-order valence-corrected chi connectivity index (χ4v) is 2.28. The highest BCUT2D eigenvalue weighted by Crippen LogP contribution is 2.29. The average Bonchev–Trinajstić information content (AvgIpc) is 2.47. The minimum atomic E-state index is -1.05. The van der Waals surface area contributed by atoms with Gasteiger partial charge in [-0.3, -0.25) is 10.3 Å². The van der Waals surface area contributed by atoms with Crippen molar-refractivity contribution in [1.82, 2.24) is 15.3 Å². The Hall–Kier alpha value is -2.48. The van der Waals surface area contributed by atoms with E-state index < -0.39 is 5.97 Å². The van der Waals surface area contributed by atoms with Gasteiger partial charge in [0.2, 0.25) is 0 Å². The molecule has 114 valence electrons. The van der Waals surface area contributed by atoms with Gasteiger partial charge in [-0.05, 0) is 35.0 Å². The van der Waals surface area contributed by atoms with E-state index in [9.17, 15) is 9.59 Å². The first-order valence-electron chi connectivity index (χ1n) is 6.40. The molecule has 0 aliphatic heterocycles. The summed E-state index contributed by atoms with van der Waals surface area (Å²) in [6, 6.07) is 2.80. The van der Waals surface area contributed by atoms with Crippen LogP contribution in [0.25, 0.3) is 11.1 Å². The molecule has 0 spiro atoms. The first kappa shape index (κ1) is 15.9. The number of halogens is 1. The highest BCUT2D eigenvalue weighted by atomic mass is 79.9. The van der Waals surface area contributed by atoms with E-state index in [0.717, 1.165) is 0 Å². The number of aromatic nitrogens is 2.